The van der Waals surface area contributed by atoms with Crippen LogP contribution in [0.1, 0.15) is 51.4 Å². The van der Waals surface area contributed by atoms with E-state index in [1.54, 1.807) is 16.7 Å². The molecule has 0 atom stereocenters. The first kappa shape index (κ1) is 26.0. The Labute approximate surface area is 208 Å². The molecule has 0 fully saturated rings. The van der Waals surface area contributed by atoms with Crippen molar-refractivity contribution in [1.82, 2.24) is 14.7 Å². The molecule has 186 valence electrons. The lowest BCUT2D eigenvalue weighted by Crippen LogP contribution is -2.43. The lowest BCUT2D eigenvalue weighted by Gasteiger charge is -2.26. The molecule has 3 aromatic rings. The van der Waals surface area contributed by atoms with Crippen molar-refractivity contribution in [2.24, 2.45) is 0 Å². The zero-order valence-electron chi connectivity index (χ0n) is 21.8. The van der Waals surface area contributed by atoms with Crippen molar-refractivity contribution < 1.29 is 14.3 Å². The Bertz CT molecular complexity index is 1160. The van der Waals surface area contributed by atoms with Crippen LogP contribution in [-0.2, 0) is 21.4 Å². The molecule has 3 rings (SSSR count). The van der Waals surface area contributed by atoms with Gasteiger partial charge >= 0.3 is 0 Å². The highest BCUT2D eigenvalue weighted by molar-refractivity contribution is 5.94. The van der Waals surface area contributed by atoms with E-state index < -0.39 is 0 Å². The third-order valence-corrected chi connectivity index (χ3v) is 5.80. The number of rotatable bonds is 8. The third kappa shape index (κ3) is 6.72. The number of anilines is 1. The van der Waals surface area contributed by atoms with E-state index in [0.717, 1.165) is 28.3 Å². The number of nitrogens with one attached hydrogen (secondary N) is 1. The number of carbonyl (C=O) groups is 2. The summed E-state index contributed by atoms with van der Waals surface area (Å²) in [5.41, 5.74) is 3.55. The number of ether oxygens (including phenoxy) is 1. The lowest BCUT2D eigenvalue weighted by molar-refractivity contribution is -0.135. The van der Waals surface area contributed by atoms with E-state index in [2.05, 4.69) is 26.1 Å². The summed E-state index contributed by atoms with van der Waals surface area (Å²) in [7, 11) is 1.61. The summed E-state index contributed by atoms with van der Waals surface area (Å²) in [6.45, 7) is 12.0. The number of hydrogen-bond donors (Lipinski definition) is 1. The van der Waals surface area contributed by atoms with Gasteiger partial charge in [0.2, 0.25) is 11.8 Å². The van der Waals surface area contributed by atoms with Crippen LogP contribution in [0.15, 0.2) is 54.6 Å². The van der Waals surface area contributed by atoms with Crippen LogP contribution in [0, 0.1) is 6.92 Å². The molecule has 7 nitrogen and oxygen atoms in total. The highest BCUT2D eigenvalue weighted by atomic mass is 16.5. The molecule has 0 aliphatic heterocycles. The predicted molar refractivity (Wildman–Crippen MR) is 139 cm³/mol. The Morgan fingerprint density at radius 3 is 2.23 bits per heavy atom. The Kier molecular flexibility index (Phi) is 7.99. The molecule has 0 unspecified atom stereocenters. The molecule has 1 N–H and O–H groups in total. The van der Waals surface area contributed by atoms with Gasteiger partial charge in [0, 0.05) is 17.5 Å². The minimum absolute atomic E-state index is 0.0451. The summed E-state index contributed by atoms with van der Waals surface area (Å²) < 4.78 is 6.93. The van der Waals surface area contributed by atoms with E-state index in [1.807, 2.05) is 75.4 Å². The van der Waals surface area contributed by atoms with Gasteiger partial charge in [0.1, 0.15) is 18.1 Å². The summed E-state index contributed by atoms with van der Waals surface area (Å²) in [6.07, 6.45) is 0.213. The monoisotopic (exact) mass is 476 g/mol. The largest absolute Gasteiger partial charge is 0.497 e. The molecule has 1 heterocycles. The second kappa shape index (κ2) is 10.8. The summed E-state index contributed by atoms with van der Waals surface area (Å²) >= 11 is 0. The molecule has 0 bridgehead atoms. The standard InChI is InChI=1S/C28H36N4O3/c1-19(2)31(27(34)16-21-10-14-23(35-7)15-11-21)18-26(33)29-25-17-24(28(4,5)6)30-32(25)22-12-8-20(3)9-13-22/h8-15,17,19H,16,18H2,1-7H3,(H,29,33). The molecule has 1 aromatic heterocycles. The van der Waals surface area contributed by atoms with Crippen LogP contribution in [0.5, 0.6) is 5.75 Å². The number of aryl methyl sites for hydroxylation is 1. The Hall–Kier alpha value is -3.61. The van der Waals surface area contributed by atoms with Crippen LogP contribution in [0.2, 0.25) is 0 Å². The molecule has 0 aliphatic carbocycles. The van der Waals surface area contributed by atoms with Gasteiger partial charge in [-0.3, -0.25) is 9.59 Å². The Morgan fingerprint density at radius 2 is 1.69 bits per heavy atom. The van der Waals surface area contributed by atoms with Crippen LogP contribution in [0.4, 0.5) is 5.82 Å². The summed E-state index contributed by atoms with van der Waals surface area (Å²) in [5, 5.41) is 7.75. The molecule has 0 saturated carbocycles. The first-order valence-corrected chi connectivity index (χ1v) is 11.9. The lowest BCUT2D eigenvalue weighted by atomic mass is 9.92. The van der Waals surface area contributed by atoms with Gasteiger partial charge in [-0.1, -0.05) is 50.6 Å². The predicted octanol–water partition coefficient (Wildman–Crippen LogP) is 4.91. The number of aromatic nitrogens is 2. The second-order valence-corrected chi connectivity index (χ2v) is 10.1. The second-order valence-electron chi connectivity index (χ2n) is 10.1. The molecule has 0 saturated heterocycles. The van der Waals surface area contributed by atoms with E-state index in [9.17, 15) is 9.59 Å². The zero-order chi connectivity index (χ0) is 25.8. The number of nitrogens with zero attached hydrogens (tertiary/aromatic N) is 3. The fourth-order valence-electron chi connectivity index (χ4n) is 3.63. The normalized spacial score (nSPS) is 11.4. The maximum absolute atomic E-state index is 13.1. The summed E-state index contributed by atoms with van der Waals surface area (Å²) in [5.74, 6) is 0.939. The first-order valence-electron chi connectivity index (χ1n) is 11.9. The third-order valence-electron chi connectivity index (χ3n) is 5.80. The topological polar surface area (TPSA) is 76.5 Å². The van der Waals surface area contributed by atoms with Crippen LogP contribution in [0.25, 0.3) is 5.69 Å². The first-order chi connectivity index (χ1) is 16.5. The van der Waals surface area contributed by atoms with Gasteiger partial charge in [0.15, 0.2) is 0 Å². The van der Waals surface area contributed by atoms with E-state index in [4.69, 9.17) is 9.84 Å². The van der Waals surface area contributed by atoms with Crippen LogP contribution < -0.4 is 10.1 Å². The SMILES string of the molecule is COc1ccc(CC(=O)N(CC(=O)Nc2cc(C(C)(C)C)nn2-c2ccc(C)cc2)C(C)C)cc1. The molecule has 35 heavy (non-hydrogen) atoms. The molecule has 7 heteroatoms. The summed E-state index contributed by atoms with van der Waals surface area (Å²) in [6, 6.07) is 17.1. The van der Waals surface area contributed by atoms with Crippen LogP contribution in [-0.4, -0.2) is 46.2 Å². The molecule has 0 radical (unpaired) electrons. The van der Waals surface area contributed by atoms with Crippen molar-refractivity contribution in [3.63, 3.8) is 0 Å². The average Bonchev–Trinajstić information content (AvgIpc) is 3.22. The fraction of sp³-hybridized carbons (Fsp3) is 0.393. The van der Waals surface area contributed by atoms with Gasteiger partial charge in [-0.05, 0) is 50.6 Å². The van der Waals surface area contributed by atoms with Crippen LogP contribution >= 0.6 is 0 Å². The molecule has 0 spiro atoms. The number of amides is 2. The zero-order valence-corrected chi connectivity index (χ0v) is 21.8. The Morgan fingerprint density at radius 1 is 1.06 bits per heavy atom. The fourth-order valence-corrected chi connectivity index (χ4v) is 3.63. The number of methoxy groups -OCH3 is 1. The average molecular weight is 477 g/mol. The van der Waals surface area contributed by atoms with Crippen molar-refractivity contribution >= 4 is 17.6 Å². The quantitative estimate of drug-likeness (QED) is 0.501. The molecule has 0 aliphatic rings. The molecular formula is C28H36N4O3. The van der Waals surface area contributed by atoms with Gasteiger partial charge in [-0.25, -0.2) is 4.68 Å². The number of carbonyl (C=O) groups excluding carboxylic acids is 2. The van der Waals surface area contributed by atoms with Gasteiger partial charge in [-0.2, -0.15) is 5.10 Å². The maximum atomic E-state index is 13.1. The summed E-state index contributed by atoms with van der Waals surface area (Å²) in [4.78, 5) is 27.7. The van der Waals surface area contributed by atoms with E-state index >= 15 is 0 Å². The van der Waals surface area contributed by atoms with E-state index in [-0.39, 0.29) is 36.2 Å². The van der Waals surface area contributed by atoms with Crippen molar-refractivity contribution in [2.45, 2.75) is 59.4 Å². The Balaban J connectivity index is 1.78. The van der Waals surface area contributed by atoms with Gasteiger partial charge in [-0.15, -0.1) is 0 Å². The molecule has 2 aromatic carbocycles. The van der Waals surface area contributed by atoms with Crippen molar-refractivity contribution in [1.29, 1.82) is 0 Å². The maximum Gasteiger partial charge on any atom is 0.245 e. The molecular weight excluding hydrogens is 440 g/mol. The van der Waals surface area contributed by atoms with Crippen LogP contribution in [0.3, 0.4) is 0 Å². The number of hydrogen-bond acceptors (Lipinski definition) is 4. The van der Waals surface area contributed by atoms with Gasteiger partial charge < -0.3 is 15.0 Å². The van der Waals surface area contributed by atoms with Gasteiger partial charge in [0.25, 0.3) is 0 Å². The highest BCUT2D eigenvalue weighted by Gasteiger charge is 2.24. The smallest absolute Gasteiger partial charge is 0.245 e. The van der Waals surface area contributed by atoms with E-state index in [1.165, 1.54) is 0 Å². The van der Waals surface area contributed by atoms with Crippen molar-refractivity contribution in [3.05, 3.63) is 71.4 Å². The van der Waals surface area contributed by atoms with Crippen molar-refractivity contribution in [2.75, 3.05) is 19.0 Å². The van der Waals surface area contributed by atoms with Gasteiger partial charge in [0.05, 0.1) is 24.9 Å². The van der Waals surface area contributed by atoms with E-state index in [0.29, 0.717) is 5.82 Å². The highest BCUT2D eigenvalue weighted by Crippen LogP contribution is 2.26. The number of benzene rings is 2. The molecule has 2 amide bonds. The minimum atomic E-state index is -0.268. The minimum Gasteiger partial charge on any atom is -0.497 e. The van der Waals surface area contributed by atoms with Crippen molar-refractivity contribution in [3.8, 4) is 11.4 Å².